The molecule has 0 atom stereocenters. The zero-order chi connectivity index (χ0) is 66.2. The second-order valence-corrected chi connectivity index (χ2v) is 26.3. The molecule has 15 aromatic carbocycles. The molecule has 0 unspecified atom stereocenters. The second kappa shape index (κ2) is 22.4. The van der Waals surface area contributed by atoms with Crippen molar-refractivity contribution in [3.63, 3.8) is 0 Å². The summed E-state index contributed by atoms with van der Waals surface area (Å²) < 4.78 is 11.6. The third-order valence-electron chi connectivity index (χ3n) is 20.8. The zero-order valence-corrected chi connectivity index (χ0v) is 54.6. The molecule has 0 spiro atoms. The highest BCUT2D eigenvalue weighted by atomic mass is 15.3. The van der Waals surface area contributed by atoms with E-state index < -0.39 is 0 Å². The monoisotopic (exact) mass is 1290 g/mol. The number of aromatic nitrogens is 8. The molecule has 0 aliphatic carbocycles. The van der Waals surface area contributed by atoms with Gasteiger partial charge in [0.2, 0.25) is 11.9 Å². The van der Waals surface area contributed by atoms with E-state index >= 15 is 0 Å². The van der Waals surface area contributed by atoms with Crippen LogP contribution in [0.15, 0.2) is 352 Å². The number of fused-ring (bicyclic) bond motifs is 15. The van der Waals surface area contributed by atoms with Crippen molar-refractivity contribution in [2.45, 2.75) is 0 Å². The van der Waals surface area contributed by atoms with Crippen molar-refractivity contribution in [2.24, 2.45) is 0 Å². The van der Waals surface area contributed by atoms with Crippen molar-refractivity contribution in [3.05, 3.63) is 352 Å². The summed E-state index contributed by atoms with van der Waals surface area (Å²) in [6.07, 6.45) is 0. The molecule has 21 rings (SSSR count). The first-order chi connectivity index (χ1) is 50.1. The van der Waals surface area contributed by atoms with Gasteiger partial charge in [0.15, 0.2) is 5.82 Å². The van der Waals surface area contributed by atoms with E-state index in [9.17, 15) is 0 Å². The molecule has 0 radical (unpaired) electrons. The van der Waals surface area contributed by atoms with Crippen LogP contribution in [0.1, 0.15) is 0 Å². The molecule has 0 N–H and O–H groups in total. The molecule has 0 saturated carbocycles. The minimum Gasteiger partial charge on any atom is -0.309 e. The number of para-hydroxylation sites is 7. The van der Waals surface area contributed by atoms with Gasteiger partial charge in [-0.1, -0.05) is 218 Å². The Labute approximate surface area is 580 Å². The molecular formula is C93H58N8. The molecule has 6 aromatic heterocycles. The summed E-state index contributed by atoms with van der Waals surface area (Å²) in [5.41, 5.74) is 24.0. The third-order valence-corrected chi connectivity index (χ3v) is 20.8. The summed E-state index contributed by atoms with van der Waals surface area (Å²) in [5.74, 6) is 1.57. The van der Waals surface area contributed by atoms with Crippen LogP contribution in [-0.4, -0.2) is 37.8 Å². The predicted octanol–water partition coefficient (Wildman–Crippen LogP) is 23.7. The summed E-state index contributed by atoms with van der Waals surface area (Å²) in [4.78, 5) is 17.1. The molecule has 8 heteroatoms. The van der Waals surface area contributed by atoms with Crippen LogP contribution in [0, 0.1) is 0 Å². The van der Waals surface area contributed by atoms with Crippen LogP contribution in [0.2, 0.25) is 0 Å². The van der Waals surface area contributed by atoms with E-state index in [1.165, 1.54) is 54.4 Å². The molecule has 0 aliphatic rings. The Hall–Kier alpha value is -13.7. The van der Waals surface area contributed by atoms with Gasteiger partial charge in [-0.15, -0.1) is 0 Å². The minimum absolute atomic E-state index is 0.504. The quantitative estimate of drug-likeness (QED) is 0.137. The van der Waals surface area contributed by atoms with Gasteiger partial charge in [0, 0.05) is 76.5 Å². The van der Waals surface area contributed by atoms with Gasteiger partial charge in [0.1, 0.15) is 0 Å². The van der Waals surface area contributed by atoms with Gasteiger partial charge in [-0.05, 0) is 178 Å². The van der Waals surface area contributed by atoms with E-state index in [4.69, 9.17) is 15.0 Å². The van der Waals surface area contributed by atoms with Gasteiger partial charge < -0.3 is 13.7 Å². The van der Waals surface area contributed by atoms with Crippen LogP contribution in [0.5, 0.6) is 0 Å². The van der Waals surface area contributed by atoms with Crippen LogP contribution in [0.4, 0.5) is 0 Å². The lowest BCUT2D eigenvalue weighted by Crippen LogP contribution is -2.10. The van der Waals surface area contributed by atoms with Gasteiger partial charge in [-0.25, -0.2) is 0 Å². The molecule has 0 fully saturated rings. The van der Waals surface area contributed by atoms with E-state index in [0.717, 1.165) is 122 Å². The normalized spacial score (nSPS) is 12.0. The van der Waals surface area contributed by atoms with Gasteiger partial charge in [0.05, 0.1) is 55.2 Å². The van der Waals surface area contributed by atoms with Crippen LogP contribution in [-0.2, 0) is 0 Å². The number of hydrogen-bond donors (Lipinski definition) is 0. The summed E-state index contributed by atoms with van der Waals surface area (Å²) in [6, 6.07) is 127. The summed E-state index contributed by atoms with van der Waals surface area (Å²) in [6.45, 7) is 0. The van der Waals surface area contributed by atoms with E-state index in [0.29, 0.717) is 17.7 Å². The van der Waals surface area contributed by atoms with Crippen LogP contribution in [0.3, 0.4) is 0 Å². The van der Waals surface area contributed by atoms with Gasteiger partial charge in [-0.2, -0.15) is 15.0 Å². The Bertz CT molecular complexity index is 6720. The van der Waals surface area contributed by atoms with Crippen molar-refractivity contribution >= 4 is 109 Å². The maximum atomic E-state index is 5.76. The minimum atomic E-state index is 0.504. The largest absolute Gasteiger partial charge is 0.309 e. The SMILES string of the molecule is c1ccc(-c2ccccc2-c2nc(-n3c4ccccc4c4cc(-c5ccc6c(c5)c5ccccc5n6-c5ccccc5)ccc43)nc(-n3c4ccc(-c5ccc6c(c5)c5ccccc5n6-c5ccccc5)cc4c4cc(-c5ccc6c(c5)c5ccccc5n6-c5ccccc5)ccc43)n2)cc1. The lowest BCUT2D eigenvalue weighted by molar-refractivity contribution is 0.893. The number of nitrogens with zero attached hydrogens (tertiary/aromatic N) is 8. The van der Waals surface area contributed by atoms with E-state index in [2.05, 4.69) is 375 Å². The number of hydrogen-bond acceptors (Lipinski definition) is 3. The third kappa shape index (κ3) is 8.85. The zero-order valence-electron chi connectivity index (χ0n) is 54.6. The fraction of sp³-hybridized carbons (Fsp3) is 0. The summed E-state index contributed by atoms with van der Waals surface area (Å²) >= 11 is 0. The number of rotatable bonds is 10. The summed E-state index contributed by atoms with van der Waals surface area (Å²) in [5, 5.41) is 11.6. The topological polar surface area (TPSA) is 63.3 Å². The smallest absolute Gasteiger partial charge is 0.240 e. The Morgan fingerprint density at radius 2 is 0.396 bits per heavy atom. The maximum Gasteiger partial charge on any atom is 0.240 e. The molecular weight excluding hydrogens is 1230 g/mol. The van der Waals surface area contributed by atoms with Gasteiger partial charge in [-0.3, -0.25) is 9.13 Å². The second-order valence-electron chi connectivity index (χ2n) is 26.3. The fourth-order valence-corrected chi connectivity index (χ4v) is 16.2. The van der Waals surface area contributed by atoms with E-state index in [1.54, 1.807) is 0 Å². The van der Waals surface area contributed by atoms with Crippen molar-refractivity contribution < 1.29 is 0 Å². The van der Waals surface area contributed by atoms with Gasteiger partial charge >= 0.3 is 0 Å². The first-order valence-electron chi connectivity index (χ1n) is 34.4. The maximum absolute atomic E-state index is 5.76. The van der Waals surface area contributed by atoms with Crippen molar-refractivity contribution in [3.8, 4) is 84.9 Å². The molecule has 6 heterocycles. The summed E-state index contributed by atoms with van der Waals surface area (Å²) in [7, 11) is 0. The highest BCUT2D eigenvalue weighted by Crippen LogP contribution is 2.44. The standard InChI is InChI=1S/C93H58N8/c1-5-23-59(24-6-1)69-31-13-14-36-74(69)91-94-92(100-84-40-22-18-35-73(84)78-56-63(44-50-88(78)100)60-41-47-85-75(53-60)70-32-15-19-37-81(70)97(85)66-25-7-2-8-26-66)96-93(95-91)101-89-51-45-64(61-42-48-86-76(54-61)71-33-16-20-38-82(71)98(86)67-27-9-3-10-28-67)57-79(89)80-58-65(46-52-90(80)101)62-43-49-87-77(55-62)72-34-17-21-39-83(72)99(87)68-29-11-4-12-30-68/h1-58H. The molecule has 101 heavy (non-hydrogen) atoms. The van der Waals surface area contributed by atoms with E-state index in [1.807, 2.05) is 0 Å². The highest BCUT2D eigenvalue weighted by Gasteiger charge is 2.25. The molecule has 8 nitrogen and oxygen atoms in total. The molecule has 470 valence electrons. The fourth-order valence-electron chi connectivity index (χ4n) is 16.2. The Morgan fingerprint density at radius 1 is 0.158 bits per heavy atom. The first kappa shape index (κ1) is 56.5. The number of benzene rings is 15. The Balaban J connectivity index is 0.785. The molecule has 0 saturated heterocycles. The first-order valence-corrected chi connectivity index (χ1v) is 34.4. The van der Waals surface area contributed by atoms with Crippen molar-refractivity contribution in [1.29, 1.82) is 0 Å². The van der Waals surface area contributed by atoms with Gasteiger partial charge in [0.25, 0.3) is 0 Å². The average molecular weight is 1290 g/mol. The molecule has 0 bridgehead atoms. The molecule has 21 aromatic rings. The van der Waals surface area contributed by atoms with Crippen molar-refractivity contribution in [2.75, 3.05) is 0 Å². The van der Waals surface area contributed by atoms with Crippen LogP contribution in [0.25, 0.3) is 194 Å². The van der Waals surface area contributed by atoms with Crippen molar-refractivity contribution in [1.82, 2.24) is 37.8 Å². The molecule has 0 aliphatic heterocycles. The lowest BCUT2D eigenvalue weighted by Gasteiger charge is -2.15. The van der Waals surface area contributed by atoms with Crippen LogP contribution >= 0.6 is 0 Å². The molecule has 0 amide bonds. The lowest BCUT2D eigenvalue weighted by atomic mass is 9.98. The van der Waals surface area contributed by atoms with E-state index in [-0.39, 0.29) is 0 Å². The Morgan fingerprint density at radius 3 is 0.723 bits per heavy atom. The van der Waals surface area contributed by atoms with Crippen LogP contribution < -0.4 is 0 Å². The predicted molar refractivity (Wildman–Crippen MR) is 419 cm³/mol. The Kier molecular flexibility index (Phi) is 12.5. The highest BCUT2D eigenvalue weighted by molar-refractivity contribution is 6.16. The average Bonchev–Trinajstić information content (AvgIpc) is 1.59.